The second-order valence-electron chi connectivity index (χ2n) is 11.8. The molecule has 3 amide bonds. The van der Waals surface area contributed by atoms with Crippen molar-refractivity contribution in [3.63, 3.8) is 0 Å². The van der Waals surface area contributed by atoms with Gasteiger partial charge in [-0.1, -0.05) is 48.6 Å². The average molecular weight is 533 g/mol. The van der Waals surface area contributed by atoms with Gasteiger partial charge < -0.3 is 10.1 Å². The first-order chi connectivity index (χ1) is 19.4. The number of ether oxygens (including phenoxy) is 1. The van der Waals surface area contributed by atoms with E-state index in [0.29, 0.717) is 23.3 Å². The zero-order valence-corrected chi connectivity index (χ0v) is 22.6. The minimum absolute atomic E-state index is 0.117. The molecule has 40 heavy (non-hydrogen) atoms. The summed E-state index contributed by atoms with van der Waals surface area (Å²) in [5.74, 6) is 1.26. The van der Waals surface area contributed by atoms with Crippen LogP contribution in [-0.2, 0) is 20.8 Å². The molecule has 7 atom stereocenters. The van der Waals surface area contributed by atoms with Crippen LogP contribution in [0.15, 0.2) is 84.9 Å². The highest BCUT2D eigenvalue weighted by Crippen LogP contribution is 2.65. The lowest BCUT2D eigenvalue weighted by molar-refractivity contribution is -0.146. The van der Waals surface area contributed by atoms with E-state index in [2.05, 4.69) is 23.5 Å². The molecule has 0 aromatic heterocycles. The minimum Gasteiger partial charge on any atom is -0.457 e. The Kier molecular flexibility index (Phi) is 5.88. The number of nitrogens with zero attached hydrogens (tertiary/aromatic N) is 1. The Hall–Kier alpha value is -4.19. The molecule has 2 saturated carbocycles. The molecule has 4 aliphatic carbocycles. The summed E-state index contributed by atoms with van der Waals surface area (Å²) in [4.78, 5) is 42.8. The van der Waals surface area contributed by atoms with Crippen molar-refractivity contribution >= 4 is 23.4 Å². The summed E-state index contributed by atoms with van der Waals surface area (Å²) in [7, 11) is 0. The highest BCUT2D eigenvalue weighted by Gasteiger charge is 2.67. The van der Waals surface area contributed by atoms with Gasteiger partial charge in [0.05, 0.1) is 11.8 Å². The number of hydrogen-bond acceptors (Lipinski definition) is 4. The van der Waals surface area contributed by atoms with Crippen molar-refractivity contribution in [2.75, 3.05) is 5.32 Å². The van der Waals surface area contributed by atoms with Crippen LogP contribution in [0.3, 0.4) is 0 Å². The number of benzene rings is 3. The molecule has 6 heteroatoms. The first-order valence-electron chi connectivity index (χ1n) is 14.1. The molecule has 3 aromatic rings. The SMILES string of the molecule is Cc1cc(C)cc(Oc2ccc(NC(=O)[C@@H](Cc3ccccc3)N3C(=O)[C@@H]4[C@@H]5C=C[C@H]([C@H]6C[C@H]56)[C@@H]4C3=O)cc2)c1. The third-order valence-electron chi connectivity index (χ3n) is 9.14. The van der Waals surface area contributed by atoms with E-state index in [0.717, 1.165) is 28.9 Å². The van der Waals surface area contributed by atoms with Crippen molar-refractivity contribution in [1.82, 2.24) is 4.90 Å². The number of rotatable bonds is 7. The lowest BCUT2D eigenvalue weighted by Crippen LogP contribution is -2.49. The van der Waals surface area contributed by atoms with Crippen LogP contribution in [0.25, 0.3) is 0 Å². The smallest absolute Gasteiger partial charge is 0.248 e. The summed E-state index contributed by atoms with van der Waals surface area (Å²) >= 11 is 0. The summed E-state index contributed by atoms with van der Waals surface area (Å²) in [5, 5.41) is 2.97. The standard InChI is InChI=1S/C34H32N2O4/c1-19-14-20(2)16-24(15-19)40-23-10-8-22(9-11-23)35-32(37)29(17-21-6-4-3-5-7-21)36-33(38)30-25-12-13-26(28-18-27(25)28)31(30)34(36)39/h3-16,25-31H,17-18H2,1-2H3,(H,35,37)/t25-,26-,27-,28-,29-,30-,31+/m1/s1. The van der Waals surface area contributed by atoms with Crippen molar-refractivity contribution in [3.8, 4) is 11.5 Å². The lowest BCUT2D eigenvalue weighted by Gasteiger charge is -2.37. The molecular formula is C34H32N2O4. The maximum absolute atomic E-state index is 13.8. The van der Waals surface area contributed by atoms with Crippen molar-refractivity contribution in [3.05, 3.63) is 102 Å². The van der Waals surface area contributed by atoms with Crippen LogP contribution in [0.2, 0.25) is 0 Å². The van der Waals surface area contributed by atoms with Gasteiger partial charge in [-0.05, 0) is 97.0 Å². The zero-order chi connectivity index (χ0) is 27.5. The molecule has 1 heterocycles. The maximum atomic E-state index is 13.8. The molecule has 2 bridgehead atoms. The van der Waals surface area contributed by atoms with Gasteiger partial charge >= 0.3 is 0 Å². The topological polar surface area (TPSA) is 75.7 Å². The fourth-order valence-corrected chi connectivity index (χ4v) is 7.39. The minimum atomic E-state index is -0.921. The molecule has 1 N–H and O–H groups in total. The predicted molar refractivity (Wildman–Crippen MR) is 152 cm³/mol. The van der Waals surface area contributed by atoms with Crippen LogP contribution >= 0.6 is 0 Å². The monoisotopic (exact) mass is 532 g/mol. The Bertz CT molecular complexity index is 1470. The Morgan fingerprint density at radius 3 is 2.05 bits per heavy atom. The summed E-state index contributed by atoms with van der Waals surface area (Å²) in [6.07, 6.45) is 5.69. The van der Waals surface area contributed by atoms with E-state index in [9.17, 15) is 14.4 Å². The number of allylic oxidation sites excluding steroid dienone is 2. The molecule has 0 radical (unpaired) electrons. The van der Waals surface area contributed by atoms with Gasteiger partial charge in [-0.2, -0.15) is 0 Å². The van der Waals surface area contributed by atoms with Gasteiger partial charge in [0.15, 0.2) is 0 Å². The molecule has 6 nitrogen and oxygen atoms in total. The number of nitrogens with one attached hydrogen (secondary N) is 1. The summed E-state index contributed by atoms with van der Waals surface area (Å²) in [5.41, 5.74) is 3.72. The number of amides is 3. The van der Waals surface area contributed by atoms with Gasteiger partial charge in [-0.15, -0.1) is 0 Å². The Balaban J connectivity index is 1.12. The van der Waals surface area contributed by atoms with Crippen molar-refractivity contribution in [2.45, 2.75) is 32.7 Å². The van der Waals surface area contributed by atoms with Gasteiger partial charge in [0.25, 0.3) is 0 Å². The molecule has 3 fully saturated rings. The van der Waals surface area contributed by atoms with Crippen LogP contribution in [0.1, 0.15) is 23.1 Å². The quantitative estimate of drug-likeness (QED) is 0.313. The van der Waals surface area contributed by atoms with Gasteiger partial charge in [0.2, 0.25) is 17.7 Å². The first-order valence-corrected chi connectivity index (χ1v) is 14.1. The summed E-state index contributed by atoms with van der Waals surface area (Å²) in [6, 6.07) is 21.9. The number of carbonyl (C=O) groups excluding carboxylic acids is 3. The van der Waals surface area contributed by atoms with Crippen LogP contribution in [0.4, 0.5) is 5.69 Å². The van der Waals surface area contributed by atoms with Gasteiger partial charge in [-0.3, -0.25) is 19.3 Å². The molecule has 0 unspecified atom stereocenters. The van der Waals surface area contributed by atoms with Crippen LogP contribution in [-0.4, -0.2) is 28.7 Å². The van der Waals surface area contributed by atoms with E-state index < -0.39 is 6.04 Å². The van der Waals surface area contributed by atoms with Crippen LogP contribution in [0.5, 0.6) is 11.5 Å². The molecule has 1 saturated heterocycles. The van der Waals surface area contributed by atoms with Crippen molar-refractivity contribution in [2.24, 2.45) is 35.5 Å². The van der Waals surface area contributed by atoms with Crippen molar-refractivity contribution in [1.29, 1.82) is 0 Å². The van der Waals surface area contributed by atoms with Crippen LogP contribution < -0.4 is 10.1 Å². The van der Waals surface area contributed by atoms with E-state index in [1.165, 1.54) is 4.90 Å². The van der Waals surface area contributed by atoms with Crippen molar-refractivity contribution < 1.29 is 19.1 Å². The normalized spacial score (nSPS) is 28.2. The lowest BCUT2D eigenvalue weighted by atomic mass is 9.63. The number of aryl methyl sites for hydroxylation is 2. The molecule has 8 rings (SSSR count). The molecule has 202 valence electrons. The second-order valence-corrected chi connectivity index (χ2v) is 11.8. The van der Waals surface area contributed by atoms with E-state index >= 15 is 0 Å². The predicted octanol–water partition coefficient (Wildman–Crippen LogP) is 5.70. The number of hydrogen-bond donors (Lipinski definition) is 1. The summed E-state index contributed by atoms with van der Waals surface area (Å²) < 4.78 is 6.01. The van der Waals surface area contributed by atoms with E-state index in [4.69, 9.17) is 4.74 Å². The Morgan fingerprint density at radius 2 is 1.45 bits per heavy atom. The first kappa shape index (κ1) is 24.8. The van der Waals surface area contributed by atoms with E-state index in [-0.39, 0.29) is 47.8 Å². The molecule has 5 aliphatic rings. The fourth-order valence-electron chi connectivity index (χ4n) is 7.39. The van der Waals surface area contributed by atoms with Crippen LogP contribution in [0, 0.1) is 49.4 Å². The number of likely N-dealkylation sites (tertiary alicyclic amines) is 1. The number of anilines is 1. The summed E-state index contributed by atoms with van der Waals surface area (Å²) in [6.45, 7) is 4.05. The molecular weight excluding hydrogens is 500 g/mol. The fraction of sp³-hybridized carbons (Fsp3) is 0.324. The molecule has 0 spiro atoms. The second kappa shape index (κ2) is 9.47. The average Bonchev–Trinajstić information content (AvgIpc) is 3.72. The number of carbonyl (C=O) groups is 3. The maximum Gasteiger partial charge on any atom is 0.248 e. The van der Waals surface area contributed by atoms with Gasteiger partial charge in [0.1, 0.15) is 17.5 Å². The van der Waals surface area contributed by atoms with Gasteiger partial charge in [-0.25, -0.2) is 0 Å². The Morgan fingerprint density at radius 1 is 0.850 bits per heavy atom. The van der Waals surface area contributed by atoms with E-state index in [1.54, 1.807) is 24.3 Å². The number of imide groups is 1. The third kappa shape index (κ3) is 4.23. The molecule has 3 aromatic carbocycles. The largest absolute Gasteiger partial charge is 0.457 e. The molecule has 1 aliphatic heterocycles. The zero-order valence-electron chi connectivity index (χ0n) is 22.6. The van der Waals surface area contributed by atoms with E-state index in [1.807, 2.05) is 56.3 Å². The van der Waals surface area contributed by atoms with Gasteiger partial charge in [0, 0.05) is 12.1 Å². The Labute approximate surface area is 234 Å². The third-order valence-corrected chi connectivity index (χ3v) is 9.14. The highest BCUT2D eigenvalue weighted by molar-refractivity contribution is 6.10. The highest BCUT2D eigenvalue weighted by atomic mass is 16.5.